The molecule has 0 bridgehead atoms. The van der Waals surface area contributed by atoms with Crippen molar-refractivity contribution in [3.05, 3.63) is 90.0 Å². The van der Waals surface area contributed by atoms with Crippen LogP contribution in [0.3, 0.4) is 0 Å². The summed E-state index contributed by atoms with van der Waals surface area (Å²) in [5.74, 6) is 0.221. The fourth-order valence-corrected chi connectivity index (χ4v) is 2.54. The second kappa shape index (κ2) is 9.94. The lowest BCUT2D eigenvalue weighted by molar-refractivity contribution is 0.0593. The summed E-state index contributed by atoms with van der Waals surface area (Å²) >= 11 is 0. The summed E-state index contributed by atoms with van der Waals surface area (Å²) in [5.41, 5.74) is 0.472. The van der Waals surface area contributed by atoms with Gasteiger partial charge in [-0.05, 0) is 42.5 Å². The predicted octanol–water partition coefficient (Wildman–Crippen LogP) is 4.15. The molecule has 0 N–H and O–H groups in total. The summed E-state index contributed by atoms with van der Waals surface area (Å²) in [4.78, 5) is 24.3. The van der Waals surface area contributed by atoms with Gasteiger partial charge in [0.1, 0.15) is 36.0 Å². The topological polar surface area (TPSA) is 71.1 Å². The van der Waals surface area contributed by atoms with E-state index in [4.69, 9.17) is 18.9 Å². The maximum Gasteiger partial charge on any atom is 0.343 e. The number of benzene rings is 3. The zero-order valence-electron chi connectivity index (χ0n) is 15.9. The molecule has 0 aliphatic carbocycles. The molecule has 148 valence electrons. The van der Waals surface area contributed by atoms with E-state index in [1.807, 2.05) is 30.3 Å². The van der Waals surface area contributed by atoms with Gasteiger partial charge in [0.2, 0.25) is 0 Å². The van der Waals surface area contributed by atoms with Crippen molar-refractivity contribution in [1.29, 1.82) is 0 Å². The van der Waals surface area contributed by atoms with E-state index in [9.17, 15) is 9.59 Å². The number of carbonyl (C=O) groups is 2. The Morgan fingerprint density at radius 3 is 2.14 bits per heavy atom. The van der Waals surface area contributed by atoms with Crippen LogP contribution in [0.2, 0.25) is 0 Å². The van der Waals surface area contributed by atoms with Gasteiger partial charge < -0.3 is 18.9 Å². The molecule has 0 saturated heterocycles. The van der Waals surface area contributed by atoms with Gasteiger partial charge in [-0.2, -0.15) is 0 Å². The molecule has 3 rings (SSSR count). The van der Waals surface area contributed by atoms with E-state index in [-0.39, 0.29) is 11.3 Å². The summed E-state index contributed by atoms with van der Waals surface area (Å²) in [7, 11) is 1.27. The molecule has 0 aliphatic rings. The van der Waals surface area contributed by atoms with Gasteiger partial charge in [-0.1, -0.05) is 36.4 Å². The van der Waals surface area contributed by atoms with Crippen LogP contribution >= 0.6 is 0 Å². The molecule has 29 heavy (non-hydrogen) atoms. The molecule has 6 heteroatoms. The van der Waals surface area contributed by atoms with Crippen molar-refractivity contribution in [2.24, 2.45) is 0 Å². The molecule has 0 heterocycles. The molecule has 0 amide bonds. The van der Waals surface area contributed by atoms with Gasteiger partial charge in [0.05, 0.1) is 12.7 Å². The second-order valence-corrected chi connectivity index (χ2v) is 5.92. The molecule has 3 aromatic rings. The molecule has 0 atom stereocenters. The Morgan fingerprint density at radius 2 is 1.38 bits per heavy atom. The fourth-order valence-electron chi connectivity index (χ4n) is 2.54. The Balaban J connectivity index is 1.59. The number of hydrogen-bond acceptors (Lipinski definition) is 6. The largest absolute Gasteiger partial charge is 0.490 e. The number of rotatable bonds is 8. The van der Waals surface area contributed by atoms with Crippen LogP contribution in [0, 0.1) is 0 Å². The molecule has 0 fully saturated rings. The zero-order chi connectivity index (χ0) is 20.5. The first-order chi connectivity index (χ1) is 14.2. The van der Waals surface area contributed by atoms with E-state index in [1.54, 1.807) is 36.4 Å². The minimum atomic E-state index is -0.604. The lowest BCUT2D eigenvalue weighted by Crippen LogP contribution is -2.13. The monoisotopic (exact) mass is 392 g/mol. The maximum atomic E-state index is 12.5. The van der Waals surface area contributed by atoms with Crippen LogP contribution in [0.15, 0.2) is 78.9 Å². The zero-order valence-corrected chi connectivity index (χ0v) is 15.9. The fraction of sp³-hybridized carbons (Fsp3) is 0.130. The Hall–Kier alpha value is -3.80. The molecule has 0 aromatic heterocycles. The van der Waals surface area contributed by atoms with Crippen molar-refractivity contribution < 1.29 is 28.5 Å². The highest BCUT2D eigenvalue weighted by Gasteiger charge is 2.16. The van der Waals surface area contributed by atoms with Crippen molar-refractivity contribution in [1.82, 2.24) is 0 Å². The second-order valence-electron chi connectivity index (χ2n) is 5.92. The molecular formula is C23H20O6. The number of ether oxygens (including phenoxy) is 4. The number of para-hydroxylation sites is 2. The highest BCUT2D eigenvalue weighted by atomic mass is 16.5. The summed E-state index contributed by atoms with van der Waals surface area (Å²) < 4.78 is 21.3. The quantitative estimate of drug-likeness (QED) is 0.326. The van der Waals surface area contributed by atoms with Crippen molar-refractivity contribution in [2.45, 2.75) is 0 Å². The van der Waals surface area contributed by atoms with Gasteiger partial charge in [-0.15, -0.1) is 0 Å². The minimum Gasteiger partial charge on any atom is -0.490 e. The summed E-state index contributed by atoms with van der Waals surface area (Å²) in [6.07, 6.45) is 0. The van der Waals surface area contributed by atoms with Crippen molar-refractivity contribution in [3.8, 4) is 17.2 Å². The van der Waals surface area contributed by atoms with Gasteiger partial charge in [0.15, 0.2) is 0 Å². The van der Waals surface area contributed by atoms with Crippen LogP contribution in [0.25, 0.3) is 0 Å². The summed E-state index contributed by atoms with van der Waals surface area (Å²) in [6.45, 7) is 0.684. The van der Waals surface area contributed by atoms with Crippen molar-refractivity contribution >= 4 is 11.9 Å². The van der Waals surface area contributed by atoms with Gasteiger partial charge in [0, 0.05) is 0 Å². The molecular weight excluding hydrogens is 372 g/mol. The van der Waals surface area contributed by atoms with Crippen LogP contribution in [0.4, 0.5) is 0 Å². The molecule has 6 nitrogen and oxygen atoms in total. The van der Waals surface area contributed by atoms with Gasteiger partial charge >= 0.3 is 11.9 Å². The van der Waals surface area contributed by atoms with Crippen LogP contribution in [0.5, 0.6) is 17.2 Å². The predicted molar refractivity (Wildman–Crippen MR) is 107 cm³/mol. The van der Waals surface area contributed by atoms with E-state index >= 15 is 0 Å². The third-order valence-corrected chi connectivity index (χ3v) is 3.93. The Morgan fingerprint density at radius 1 is 0.724 bits per heavy atom. The van der Waals surface area contributed by atoms with Gasteiger partial charge in [-0.25, -0.2) is 9.59 Å². The normalized spacial score (nSPS) is 10.1. The summed E-state index contributed by atoms with van der Waals surface area (Å²) in [5, 5.41) is 0. The minimum absolute atomic E-state index is 0.131. The van der Waals surface area contributed by atoms with E-state index in [0.29, 0.717) is 24.5 Å². The average Bonchev–Trinajstić information content (AvgIpc) is 2.77. The van der Waals surface area contributed by atoms with Crippen molar-refractivity contribution in [2.75, 3.05) is 20.3 Å². The Labute approximate surface area is 168 Å². The van der Waals surface area contributed by atoms with Gasteiger partial charge in [-0.3, -0.25) is 0 Å². The number of carbonyl (C=O) groups excluding carboxylic acids is 2. The number of hydrogen-bond donors (Lipinski definition) is 0. The molecule has 0 unspecified atom stereocenters. The lowest BCUT2D eigenvalue weighted by atomic mass is 10.2. The highest BCUT2D eigenvalue weighted by Crippen LogP contribution is 2.21. The molecule has 0 saturated carbocycles. The van der Waals surface area contributed by atoms with Crippen LogP contribution in [0.1, 0.15) is 20.7 Å². The third-order valence-electron chi connectivity index (χ3n) is 3.93. The Bertz CT molecular complexity index is 968. The number of methoxy groups -OCH3 is 1. The van der Waals surface area contributed by atoms with Gasteiger partial charge in [0.25, 0.3) is 0 Å². The van der Waals surface area contributed by atoms with E-state index in [1.165, 1.54) is 19.2 Å². The van der Waals surface area contributed by atoms with E-state index in [2.05, 4.69) is 0 Å². The smallest absolute Gasteiger partial charge is 0.343 e. The SMILES string of the molecule is COC(=O)c1ccccc1OC(=O)c1cccc(OCCOc2ccccc2)c1. The van der Waals surface area contributed by atoms with E-state index < -0.39 is 11.9 Å². The first-order valence-electron chi connectivity index (χ1n) is 8.97. The third kappa shape index (κ3) is 5.59. The number of esters is 2. The molecule has 3 aromatic carbocycles. The first kappa shape index (κ1) is 19.9. The van der Waals surface area contributed by atoms with Crippen LogP contribution in [-0.4, -0.2) is 32.3 Å². The summed E-state index contributed by atoms with van der Waals surface area (Å²) in [6, 6.07) is 22.4. The van der Waals surface area contributed by atoms with E-state index in [0.717, 1.165) is 5.75 Å². The standard InChI is InChI=1S/C23H20O6/c1-26-23(25)20-12-5-6-13-21(20)29-22(24)17-8-7-11-19(16-17)28-15-14-27-18-9-3-2-4-10-18/h2-13,16H,14-15H2,1H3. The molecule has 0 aliphatic heterocycles. The highest BCUT2D eigenvalue weighted by molar-refractivity contribution is 5.96. The lowest BCUT2D eigenvalue weighted by Gasteiger charge is -2.10. The molecule has 0 spiro atoms. The van der Waals surface area contributed by atoms with Crippen LogP contribution < -0.4 is 14.2 Å². The van der Waals surface area contributed by atoms with Crippen LogP contribution in [-0.2, 0) is 4.74 Å². The molecule has 0 radical (unpaired) electrons. The average molecular weight is 392 g/mol. The Kier molecular flexibility index (Phi) is 6.84. The van der Waals surface area contributed by atoms with Crippen molar-refractivity contribution in [3.63, 3.8) is 0 Å². The maximum absolute atomic E-state index is 12.5. The first-order valence-corrected chi connectivity index (χ1v) is 8.97.